The zero-order valence-electron chi connectivity index (χ0n) is 12.0. The number of para-hydroxylation sites is 1. The van der Waals surface area contributed by atoms with Crippen LogP contribution in [0.25, 0.3) is 6.08 Å². The van der Waals surface area contributed by atoms with Crippen LogP contribution in [0.3, 0.4) is 0 Å². The summed E-state index contributed by atoms with van der Waals surface area (Å²) in [5, 5.41) is 11.4. The van der Waals surface area contributed by atoms with Crippen LogP contribution < -0.4 is 10.1 Å². The summed E-state index contributed by atoms with van der Waals surface area (Å²) in [4.78, 5) is 23.0. The molecule has 0 bridgehead atoms. The standard InChI is InChI=1S/C15H19NO5/c1-3-21-13-7-5-4-6-11(13)8-9-14(18)16-12(10-17)15(19)20-2/h4-9,12,17H,3,10H2,1-2H3,(H,16,18)/b9-8+/t12-/m0/s1. The molecule has 6 nitrogen and oxygen atoms in total. The highest BCUT2D eigenvalue weighted by atomic mass is 16.5. The van der Waals surface area contributed by atoms with Crippen molar-refractivity contribution in [2.24, 2.45) is 0 Å². The van der Waals surface area contributed by atoms with Gasteiger partial charge in [0, 0.05) is 11.6 Å². The normalized spacial score (nSPS) is 12.0. The van der Waals surface area contributed by atoms with Gasteiger partial charge in [-0.3, -0.25) is 4.79 Å². The molecule has 0 aliphatic heterocycles. The van der Waals surface area contributed by atoms with Crippen LogP contribution in [-0.2, 0) is 14.3 Å². The van der Waals surface area contributed by atoms with Crippen LogP contribution in [0.4, 0.5) is 0 Å². The average molecular weight is 293 g/mol. The molecule has 1 rings (SSSR count). The quantitative estimate of drug-likeness (QED) is 0.572. The number of hydrogen-bond donors (Lipinski definition) is 2. The summed E-state index contributed by atoms with van der Waals surface area (Å²) in [5.74, 6) is -0.546. The van der Waals surface area contributed by atoms with Crippen molar-refractivity contribution in [2.45, 2.75) is 13.0 Å². The number of hydrogen-bond acceptors (Lipinski definition) is 5. The average Bonchev–Trinajstić information content (AvgIpc) is 2.51. The predicted octanol–water partition coefficient (Wildman–Crippen LogP) is 0.749. The van der Waals surface area contributed by atoms with Gasteiger partial charge in [-0.1, -0.05) is 18.2 Å². The van der Waals surface area contributed by atoms with Gasteiger partial charge in [0.1, 0.15) is 5.75 Å². The summed E-state index contributed by atoms with van der Waals surface area (Å²) < 4.78 is 9.89. The predicted molar refractivity (Wildman–Crippen MR) is 77.7 cm³/mol. The van der Waals surface area contributed by atoms with Crippen LogP contribution in [0, 0.1) is 0 Å². The fourth-order valence-electron chi connectivity index (χ4n) is 1.61. The number of methoxy groups -OCH3 is 1. The minimum atomic E-state index is -1.07. The highest BCUT2D eigenvalue weighted by Gasteiger charge is 2.19. The molecule has 6 heteroatoms. The molecule has 0 radical (unpaired) electrons. The Hall–Kier alpha value is -2.34. The van der Waals surface area contributed by atoms with Crippen LogP contribution in [-0.4, -0.2) is 43.3 Å². The molecule has 2 N–H and O–H groups in total. The number of carbonyl (C=O) groups excluding carboxylic acids is 2. The Balaban J connectivity index is 2.72. The maximum absolute atomic E-state index is 11.7. The zero-order chi connectivity index (χ0) is 15.7. The van der Waals surface area contributed by atoms with Crippen molar-refractivity contribution in [3.05, 3.63) is 35.9 Å². The van der Waals surface area contributed by atoms with E-state index in [1.54, 1.807) is 18.2 Å². The van der Waals surface area contributed by atoms with Crippen molar-refractivity contribution in [1.29, 1.82) is 0 Å². The summed E-state index contributed by atoms with van der Waals surface area (Å²) >= 11 is 0. The second-order valence-corrected chi connectivity index (χ2v) is 4.07. The third-order valence-electron chi connectivity index (χ3n) is 2.62. The Kier molecular flexibility index (Phi) is 6.97. The molecule has 1 aromatic rings. The number of rotatable bonds is 7. The second-order valence-electron chi connectivity index (χ2n) is 4.07. The van der Waals surface area contributed by atoms with Crippen LogP contribution >= 0.6 is 0 Å². The Morgan fingerprint density at radius 1 is 1.38 bits per heavy atom. The maximum atomic E-state index is 11.7. The van der Waals surface area contributed by atoms with E-state index in [9.17, 15) is 9.59 Å². The summed E-state index contributed by atoms with van der Waals surface area (Å²) in [6.45, 7) is 1.86. The van der Waals surface area contributed by atoms with Crippen molar-refractivity contribution in [2.75, 3.05) is 20.3 Å². The lowest BCUT2D eigenvalue weighted by Crippen LogP contribution is -2.43. The largest absolute Gasteiger partial charge is 0.493 e. The monoisotopic (exact) mass is 293 g/mol. The van der Waals surface area contributed by atoms with E-state index in [-0.39, 0.29) is 0 Å². The first-order chi connectivity index (χ1) is 10.1. The molecule has 0 spiro atoms. The first-order valence-corrected chi connectivity index (χ1v) is 6.51. The van der Waals surface area contributed by atoms with Gasteiger partial charge in [0.05, 0.1) is 20.3 Å². The van der Waals surface area contributed by atoms with Crippen molar-refractivity contribution in [3.63, 3.8) is 0 Å². The number of nitrogens with one attached hydrogen (secondary N) is 1. The van der Waals surface area contributed by atoms with Crippen LogP contribution in [0.1, 0.15) is 12.5 Å². The first kappa shape index (κ1) is 16.7. The molecule has 1 aromatic carbocycles. The maximum Gasteiger partial charge on any atom is 0.330 e. The number of benzene rings is 1. The highest BCUT2D eigenvalue weighted by Crippen LogP contribution is 2.19. The number of aliphatic hydroxyl groups excluding tert-OH is 1. The molecule has 0 unspecified atom stereocenters. The number of amides is 1. The number of ether oxygens (including phenoxy) is 2. The van der Waals surface area contributed by atoms with Gasteiger partial charge >= 0.3 is 5.97 Å². The lowest BCUT2D eigenvalue weighted by Gasteiger charge is -2.12. The SMILES string of the molecule is CCOc1ccccc1/C=C/C(=O)N[C@@H](CO)C(=O)OC. The van der Waals surface area contributed by atoms with E-state index >= 15 is 0 Å². The lowest BCUT2D eigenvalue weighted by atomic mass is 10.2. The van der Waals surface area contributed by atoms with Crippen LogP contribution in [0.2, 0.25) is 0 Å². The fourth-order valence-corrected chi connectivity index (χ4v) is 1.61. The van der Waals surface area contributed by atoms with Crippen molar-refractivity contribution in [1.82, 2.24) is 5.32 Å². The molecule has 21 heavy (non-hydrogen) atoms. The molecule has 0 heterocycles. The minimum absolute atomic E-state index is 0.509. The summed E-state index contributed by atoms with van der Waals surface area (Å²) in [7, 11) is 1.19. The third-order valence-corrected chi connectivity index (χ3v) is 2.62. The first-order valence-electron chi connectivity index (χ1n) is 6.51. The van der Waals surface area contributed by atoms with Crippen LogP contribution in [0.5, 0.6) is 5.75 Å². The Bertz CT molecular complexity index is 513. The van der Waals surface area contributed by atoms with Gasteiger partial charge in [0.2, 0.25) is 5.91 Å². The van der Waals surface area contributed by atoms with E-state index in [1.165, 1.54) is 13.2 Å². The molecule has 0 saturated carbocycles. The van der Waals surface area contributed by atoms with E-state index in [0.717, 1.165) is 5.56 Å². The van der Waals surface area contributed by atoms with Gasteiger partial charge in [-0.2, -0.15) is 0 Å². The highest BCUT2D eigenvalue weighted by molar-refractivity contribution is 5.94. The third kappa shape index (κ3) is 5.27. The van der Waals surface area contributed by atoms with Crippen molar-refractivity contribution in [3.8, 4) is 5.75 Å². The van der Waals surface area contributed by atoms with E-state index in [2.05, 4.69) is 10.1 Å². The molecular formula is C15H19NO5. The molecule has 0 saturated heterocycles. The molecular weight excluding hydrogens is 274 g/mol. The second kappa shape index (κ2) is 8.76. The zero-order valence-corrected chi connectivity index (χ0v) is 12.0. The Morgan fingerprint density at radius 3 is 2.71 bits per heavy atom. The van der Waals surface area contributed by atoms with E-state index in [1.807, 2.05) is 19.1 Å². The van der Waals surface area contributed by atoms with Gasteiger partial charge in [0.25, 0.3) is 0 Å². The molecule has 0 aromatic heterocycles. The van der Waals surface area contributed by atoms with Gasteiger partial charge in [-0.05, 0) is 19.1 Å². The van der Waals surface area contributed by atoms with Gasteiger partial charge in [-0.15, -0.1) is 0 Å². The van der Waals surface area contributed by atoms with Crippen molar-refractivity contribution < 1.29 is 24.2 Å². The lowest BCUT2D eigenvalue weighted by molar-refractivity contribution is -0.145. The van der Waals surface area contributed by atoms with E-state index < -0.39 is 24.5 Å². The topological polar surface area (TPSA) is 84.9 Å². The Morgan fingerprint density at radius 2 is 2.10 bits per heavy atom. The number of aliphatic hydroxyl groups is 1. The van der Waals surface area contributed by atoms with Gasteiger partial charge in [-0.25, -0.2) is 4.79 Å². The summed E-state index contributed by atoms with van der Waals surface area (Å²) in [6.07, 6.45) is 2.84. The summed E-state index contributed by atoms with van der Waals surface area (Å²) in [5.41, 5.74) is 0.744. The minimum Gasteiger partial charge on any atom is -0.493 e. The molecule has 0 aliphatic carbocycles. The van der Waals surface area contributed by atoms with E-state index in [4.69, 9.17) is 9.84 Å². The molecule has 0 aliphatic rings. The van der Waals surface area contributed by atoms with Gasteiger partial charge < -0.3 is 19.9 Å². The fraction of sp³-hybridized carbons (Fsp3) is 0.333. The van der Waals surface area contributed by atoms with Gasteiger partial charge in [0.15, 0.2) is 6.04 Å². The molecule has 114 valence electrons. The number of esters is 1. The molecule has 0 fully saturated rings. The molecule has 1 amide bonds. The van der Waals surface area contributed by atoms with E-state index in [0.29, 0.717) is 12.4 Å². The smallest absolute Gasteiger partial charge is 0.330 e. The van der Waals surface area contributed by atoms with Crippen molar-refractivity contribution >= 4 is 18.0 Å². The van der Waals surface area contributed by atoms with Crippen LogP contribution in [0.15, 0.2) is 30.3 Å². The Labute approximate surface area is 123 Å². The number of carbonyl (C=O) groups is 2. The summed E-state index contributed by atoms with van der Waals surface area (Å²) in [6, 6.07) is 6.19. The molecule has 1 atom stereocenters.